The number of nitro groups is 1. The number of aryl methyl sites for hydroxylation is 2. The molecule has 0 bridgehead atoms. The average Bonchev–Trinajstić information content (AvgIpc) is 2.69. The predicted octanol–water partition coefficient (Wildman–Crippen LogP) is 4.66. The maximum Gasteiger partial charge on any atom is 0.269 e. The first kappa shape index (κ1) is 19.3. The molecule has 3 rings (SSSR count). The molecule has 3 aromatic carbocycles. The quantitative estimate of drug-likeness (QED) is 0.504. The summed E-state index contributed by atoms with van der Waals surface area (Å²) in [6.07, 6.45) is 0.159. The first-order valence-electron chi connectivity index (χ1n) is 9.09. The van der Waals surface area contributed by atoms with Gasteiger partial charge in [-0.3, -0.25) is 14.9 Å². The van der Waals surface area contributed by atoms with Gasteiger partial charge < -0.3 is 5.32 Å². The highest BCUT2D eigenvalue weighted by Crippen LogP contribution is 2.24. The van der Waals surface area contributed by atoms with E-state index in [4.69, 9.17) is 0 Å². The summed E-state index contributed by atoms with van der Waals surface area (Å²) >= 11 is 0. The van der Waals surface area contributed by atoms with Crippen LogP contribution >= 0.6 is 0 Å². The van der Waals surface area contributed by atoms with E-state index in [1.54, 1.807) is 12.1 Å². The van der Waals surface area contributed by atoms with Crippen LogP contribution in [0.5, 0.6) is 0 Å². The lowest BCUT2D eigenvalue weighted by molar-refractivity contribution is -0.384. The molecule has 5 nitrogen and oxygen atoms in total. The van der Waals surface area contributed by atoms with Crippen LogP contribution in [-0.2, 0) is 11.2 Å². The Morgan fingerprint density at radius 3 is 2.21 bits per heavy atom. The van der Waals surface area contributed by atoms with Crippen LogP contribution in [0.25, 0.3) is 0 Å². The maximum atomic E-state index is 12.7. The molecule has 3 aromatic rings. The van der Waals surface area contributed by atoms with Gasteiger partial charge in [-0.15, -0.1) is 0 Å². The molecule has 28 heavy (non-hydrogen) atoms. The molecule has 0 saturated heterocycles. The zero-order chi connectivity index (χ0) is 20.1. The topological polar surface area (TPSA) is 72.2 Å². The molecule has 0 radical (unpaired) electrons. The van der Waals surface area contributed by atoms with Gasteiger partial charge in [-0.2, -0.15) is 0 Å². The Morgan fingerprint density at radius 1 is 0.929 bits per heavy atom. The molecular formula is C23H22N2O3. The van der Waals surface area contributed by atoms with Crippen LogP contribution in [0.2, 0.25) is 0 Å². The number of carbonyl (C=O) groups excluding carboxylic acids is 1. The van der Waals surface area contributed by atoms with Gasteiger partial charge in [0, 0.05) is 12.1 Å². The first-order valence-corrected chi connectivity index (χ1v) is 9.09. The van der Waals surface area contributed by atoms with Gasteiger partial charge in [0.1, 0.15) is 0 Å². The first-order chi connectivity index (χ1) is 13.4. The van der Waals surface area contributed by atoms with Crippen molar-refractivity contribution >= 4 is 11.6 Å². The normalized spacial score (nSPS) is 11.6. The van der Waals surface area contributed by atoms with Gasteiger partial charge in [0.2, 0.25) is 5.91 Å². The minimum atomic E-state index is -0.449. The largest absolute Gasteiger partial charge is 0.345 e. The molecule has 1 amide bonds. The van der Waals surface area contributed by atoms with Crippen molar-refractivity contribution in [1.29, 1.82) is 0 Å². The summed E-state index contributed by atoms with van der Waals surface area (Å²) in [7, 11) is 0. The summed E-state index contributed by atoms with van der Waals surface area (Å²) in [6, 6.07) is 21.8. The Kier molecular flexibility index (Phi) is 5.84. The summed E-state index contributed by atoms with van der Waals surface area (Å²) in [5.74, 6) is -0.138. The smallest absolute Gasteiger partial charge is 0.269 e. The third-order valence-corrected chi connectivity index (χ3v) is 4.81. The van der Waals surface area contributed by atoms with E-state index in [1.165, 1.54) is 23.3 Å². The molecule has 0 aliphatic rings. The van der Waals surface area contributed by atoms with Crippen molar-refractivity contribution in [2.24, 2.45) is 0 Å². The molecule has 1 atom stereocenters. The van der Waals surface area contributed by atoms with Gasteiger partial charge in [-0.1, -0.05) is 60.7 Å². The Labute approximate surface area is 164 Å². The fraction of sp³-hybridized carbons (Fsp3) is 0.174. The second-order valence-corrected chi connectivity index (χ2v) is 6.86. The second-order valence-electron chi connectivity index (χ2n) is 6.86. The number of benzene rings is 3. The van der Waals surface area contributed by atoms with E-state index in [-0.39, 0.29) is 24.1 Å². The molecule has 0 heterocycles. The van der Waals surface area contributed by atoms with Gasteiger partial charge in [0.05, 0.1) is 17.4 Å². The van der Waals surface area contributed by atoms with E-state index in [2.05, 4.69) is 31.3 Å². The highest BCUT2D eigenvalue weighted by Gasteiger charge is 2.18. The zero-order valence-electron chi connectivity index (χ0n) is 15.9. The van der Waals surface area contributed by atoms with E-state index in [1.807, 2.05) is 36.4 Å². The third kappa shape index (κ3) is 4.62. The Morgan fingerprint density at radius 2 is 1.61 bits per heavy atom. The summed E-state index contributed by atoms with van der Waals surface area (Å²) in [5, 5.41) is 13.9. The van der Waals surface area contributed by atoms with E-state index in [9.17, 15) is 14.9 Å². The minimum absolute atomic E-state index is 0.0152. The summed E-state index contributed by atoms with van der Waals surface area (Å²) in [5.41, 5.74) is 5.14. The number of hydrogen-bond acceptors (Lipinski definition) is 3. The van der Waals surface area contributed by atoms with Crippen LogP contribution in [0, 0.1) is 24.0 Å². The highest BCUT2D eigenvalue weighted by atomic mass is 16.6. The van der Waals surface area contributed by atoms with Gasteiger partial charge in [-0.25, -0.2) is 0 Å². The van der Waals surface area contributed by atoms with Crippen molar-refractivity contribution in [3.63, 3.8) is 0 Å². The fourth-order valence-electron chi connectivity index (χ4n) is 3.08. The second kappa shape index (κ2) is 8.48. The Balaban J connectivity index is 1.81. The van der Waals surface area contributed by atoms with Crippen molar-refractivity contribution in [2.75, 3.05) is 0 Å². The van der Waals surface area contributed by atoms with Gasteiger partial charge in [0.15, 0.2) is 0 Å². The fourth-order valence-corrected chi connectivity index (χ4v) is 3.08. The van der Waals surface area contributed by atoms with Crippen molar-refractivity contribution in [3.8, 4) is 0 Å². The molecule has 0 spiro atoms. The summed E-state index contributed by atoms with van der Waals surface area (Å²) in [4.78, 5) is 23.0. The van der Waals surface area contributed by atoms with Gasteiger partial charge >= 0.3 is 0 Å². The number of rotatable bonds is 6. The zero-order valence-corrected chi connectivity index (χ0v) is 15.9. The predicted molar refractivity (Wildman–Crippen MR) is 109 cm³/mol. The molecule has 5 heteroatoms. The Hall–Kier alpha value is -3.47. The molecule has 1 unspecified atom stereocenters. The van der Waals surface area contributed by atoms with Crippen LogP contribution < -0.4 is 5.32 Å². The number of non-ortho nitro benzene ring substituents is 1. The van der Waals surface area contributed by atoms with Crippen LogP contribution in [0.3, 0.4) is 0 Å². The molecule has 142 valence electrons. The van der Waals surface area contributed by atoms with E-state index < -0.39 is 4.92 Å². The average molecular weight is 374 g/mol. The number of nitro benzene ring substituents is 1. The maximum absolute atomic E-state index is 12.7. The van der Waals surface area contributed by atoms with Gasteiger partial charge in [0.25, 0.3) is 5.69 Å². The van der Waals surface area contributed by atoms with Crippen LogP contribution in [0.4, 0.5) is 5.69 Å². The minimum Gasteiger partial charge on any atom is -0.345 e. The third-order valence-electron chi connectivity index (χ3n) is 4.81. The summed E-state index contributed by atoms with van der Waals surface area (Å²) < 4.78 is 0. The number of nitrogens with zero attached hydrogens (tertiary/aromatic N) is 1. The molecule has 1 N–H and O–H groups in total. The lowest BCUT2D eigenvalue weighted by atomic mass is 9.95. The van der Waals surface area contributed by atoms with Crippen molar-refractivity contribution < 1.29 is 9.72 Å². The van der Waals surface area contributed by atoms with E-state index in [0.717, 1.165) is 16.7 Å². The highest BCUT2D eigenvalue weighted by molar-refractivity contribution is 5.79. The Bertz CT molecular complexity index is 982. The van der Waals surface area contributed by atoms with Crippen molar-refractivity contribution in [2.45, 2.75) is 26.3 Å². The lowest BCUT2D eigenvalue weighted by Crippen LogP contribution is -2.30. The molecule has 0 fully saturated rings. The number of amides is 1. The van der Waals surface area contributed by atoms with E-state index in [0.29, 0.717) is 0 Å². The van der Waals surface area contributed by atoms with Crippen LogP contribution in [-0.4, -0.2) is 10.8 Å². The molecule has 0 aliphatic carbocycles. The molecule has 0 aliphatic heterocycles. The number of nitrogens with one attached hydrogen (secondary N) is 1. The molecule has 0 aromatic heterocycles. The van der Waals surface area contributed by atoms with Crippen LogP contribution in [0.1, 0.15) is 33.9 Å². The van der Waals surface area contributed by atoms with Crippen molar-refractivity contribution in [3.05, 3.63) is 111 Å². The molecular weight excluding hydrogens is 352 g/mol. The lowest BCUT2D eigenvalue weighted by Gasteiger charge is -2.21. The van der Waals surface area contributed by atoms with Crippen molar-refractivity contribution in [1.82, 2.24) is 5.32 Å². The molecule has 0 saturated carbocycles. The standard InChI is InChI=1S/C23H22N2O3/c1-16-8-11-20(14-17(16)2)23(19-6-4-3-5-7-19)24-22(26)15-18-9-12-21(13-10-18)25(27)28/h3-14,23H,15H2,1-2H3,(H,24,26). The number of carbonyl (C=O) groups is 1. The van der Waals surface area contributed by atoms with Crippen LogP contribution in [0.15, 0.2) is 72.8 Å². The van der Waals surface area contributed by atoms with E-state index >= 15 is 0 Å². The van der Waals surface area contributed by atoms with Gasteiger partial charge in [-0.05, 0) is 41.7 Å². The SMILES string of the molecule is Cc1ccc(C(NC(=O)Cc2ccc([N+](=O)[O-])cc2)c2ccccc2)cc1C. The number of hydrogen-bond donors (Lipinski definition) is 1. The summed E-state index contributed by atoms with van der Waals surface area (Å²) in [6.45, 7) is 4.11. The monoisotopic (exact) mass is 374 g/mol.